The summed E-state index contributed by atoms with van der Waals surface area (Å²) in [5, 5.41) is 3.32. The van der Waals surface area contributed by atoms with E-state index in [4.69, 9.17) is 6.57 Å². The normalized spacial score (nSPS) is 14.9. The smallest absolute Gasteiger partial charge is 0.317 e. The first-order chi connectivity index (χ1) is 9.89. The van der Waals surface area contributed by atoms with E-state index in [1.54, 1.807) is 4.90 Å². The average molecular weight is 685 g/mol. The number of halogens is 6. The molecule has 122 valence electrons. The summed E-state index contributed by atoms with van der Waals surface area (Å²) < 4.78 is 0. The lowest BCUT2D eigenvalue weighted by Crippen LogP contribution is -2.47. The minimum atomic E-state index is -0.272. The van der Waals surface area contributed by atoms with Gasteiger partial charge in [-0.2, -0.15) is 11.5 Å². The Bertz CT molecular complexity index is 341. The van der Waals surface area contributed by atoms with Gasteiger partial charge in [0.25, 0.3) is 0 Å². The van der Waals surface area contributed by atoms with Crippen LogP contribution in [0.3, 0.4) is 0 Å². The van der Waals surface area contributed by atoms with Crippen molar-refractivity contribution in [2.24, 2.45) is 0 Å². The first-order valence-electron chi connectivity index (χ1n) is 5.93. The van der Waals surface area contributed by atoms with E-state index < -0.39 is 0 Å². The molecule has 21 heavy (non-hydrogen) atoms. The van der Waals surface area contributed by atoms with E-state index in [0.717, 1.165) is 10.7 Å². The van der Waals surface area contributed by atoms with Crippen molar-refractivity contribution in [1.82, 2.24) is 9.91 Å². The maximum atomic E-state index is 12.6. The Morgan fingerprint density at radius 3 is 1.62 bits per heavy atom. The van der Waals surface area contributed by atoms with E-state index in [1.165, 1.54) is 5.01 Å². The van der Waals surface area contributed by atoms with Gasteiger partial charge in [0.05, 0.1) is 0 Å². The van der Waals surface area contributed by atoms with Crippen LogP contribution in [0.4, 0.5) is 4.79 Å². The van der Waals surface area contributed by atoms with E-state index >= 15 is 0 Å². The molecular weight excluding hydrogens is 670 g/mol. The Hall–Kier alpha value is 1.64. The molecule has 0 N–H and O–H groups in total. The highest BCUT2D eigenvalue weighted by Crippen LogP contribution is 2.15. The molecule has 0 saturated carbocycles. The molecule has 0 aromatic heterocycles. The standard InChI is InChI=1S/C11H15Br6N3O/c1-18-20(7-10(17)4-14)11(21)19(5-8(15)2-12)6-9(16)3-13/h8-10H,2-7H2. The number of carbonyl (C=O) groups is 1. The van der Waals surface area contributed by atoms with Crippen molar-refractivity contribution in [3.8, 4) is 0 Å². The van der Waals surface area contributed by atoms with E-state index in [9.17, 15) is 4.79 Å². The Kier molecular flexibility index (Phi) is 14.0. The summed E-state index contributed by atoms with van der Waals surface area (Å²) in [6.07, 6.45) is 0. The highest BCUT2D eigenvalue weighted by Gasteiger charge is 2.29. The molecule has 0 bridgehead atoms. The van der Waals surface area contributed by atoms with Crippen molar-refractivity contribution >= 4 is 102 Å². The van der Waals surface area contributed by atoms with Gasteiger partial charge in [0.2, 0.25) is 0 Å². The predicted molar refractivity (Wildman–Crippen MR) is 110 cm³/mol. The number of hydrogen-bond acceptors (Lipinski definition) is 1. The summed E-state index contributed by atoms with van der Waals surface area (Å²) in [6.45, 7) is 8.64. The second-order valence-corrected chi connectivity index (χ2v) is 9.95. The summed E-state index contributed by atoms with van der Waals surface area (Å²) in [4.78, 5) is 17.9. The van der Waals surface area contributed by atoms with Crippen molar-refractivity contribution in [3.63, 3.8) is 0 Å². The Balaban J connectivity index is 4.92. The minimum absolute atomic E-state index is 0.0456. The van der Waals surface area contributed by atoms with Crippen LogP contribution >= 0.6 is 95.6 Å². The van der Waals surface area contributed by atoms with Gasteiger partial charge in [-0.15, -0.1) is 0 Å². The molecule has 3 unspecified atom stereocenters. The second-order valence-electron chi connectivity index (χ2n) is 4.12. The maximum Gasteiger partial charge on any atom is 0.385 e. The monoisotopic (exact) mass is 679 g/mol. The summed E-state index contributed by atoms with van der Waals surface area (Å²) in [7, 11) is 0. The zero-order valence-electron chi connectivity index (χ0n) is 11.0. The van der Waals surface area contributed by atoms with Crippen molar-refractivity contribution < 1.29 is 4.79 Å². The maximum absolute atomic E-state index is 12.6. The van der Waals surface area contributed by atoms with Crippen LogP contribution in [-0.2, 0) is 0 Å². The Labute approximate surface area is 176 Å². The number of urea groups is 1. The first kappa shape index (κ1) is 22.6. The zero-order chi connectivity index (χ0) is 16.4. The molecule has 0 aliphatic carbocycles. The Morgan fingerprint density at radius 1 is 0.905 bits per heavy atom. The van der Waals surface area contributed by atoms with Gasteiger partial charge < -0.3 is 4.90 Å². The van der Waals surface area contributed by atoms with Crippen LogP contribution < -0.4 is 0 Å². The molecule has 0 fully saturated rings. The molecule has 0 aliphatic rings. The number of nitrogens with zero attached hydrogens (tertiary/aromatic N) is 3. The topological polar surface area (TPSA) is 27.9 Å². The fourth-order valence-corrected chi connectivity index (χ4v) is 2.96. The fourth-order valence-electron chi connectivity index (χ4n) is 1.37. The zero-order valence-corrected chi connectivity index (χ0v) is 20.5. The SMILES string of the molecule is [C-]#[N+]N(CC(Br)CBr)C(=O)N(CC(Br)CBr)CC(Br)CBr. The summed E-state index contributed by atoms with van der Waals surface area (Å²) in [5.41, 5.74) is 0. The average Bonchev–Trinajstić information content (AvgIpc) is 2.50. The van der Waals surface area contributed by atoms with Gasteiger partial charge >= 0.3 is 6.03 Å². The van der Waals surface area contributed by atoms with E-state index in [0.29, 0.717) is 25.0 Å². The molecule has 2 amide bonds. The van der Waals surface area contributed by atoms with Crippen molar-refractivity contribution in [1.29, 1.82) is 0 Å². The van der Waals surface area contributed by atoms with Crippen molar-refractivity contribution in [2.75, 3.05) is 35.6 Å². The number of hydrogen-bond donors (Lipinski definition) is 0. The third-order valence-electron chi connectivity index (χ3n) is 2.32. The van der Waals surface area contributed by atoms with Crippen LogP contribution in [0.5, 0.6) is 0 Å². The van der Waals surface area contributed by atoms with Crippen molar-refractivity contribution in [2.45, 2.75) is 14.5 Å². The highest BCUT2D eigenvalue weighted by atomic mass is 79.9. The van der Waals surface area contributed by atoms with Gasteiger partial charge in [-0.05, 0) is 5.01 Å². The number of carbonyl (C=O) groups excluding carboxylic acids is 1. The number of amides is 2. The lowest BCUT2D eigenvalue weighted by atomic mass is 10.3. The van der Waals surface area contributed by atoms with E-state index in [1.807, 2.05) is 0 Å². The van der Waals surface area contributed by atoms with Crippen LogP contribution in [0.25, 0.3) is 4.95 Å². The first-order valence-corrected chi connectivity index (χ1v) is 12.0. The third kappa shape index (κ3) is 9.50. The summed E-state index contributed by atoms with van der Waals surface area (Å²) in [5.74, 6) is 0. The molecule has 0 saturated heterocycles. The van der Waals surface area contributed by atoms with Gasteiger partial charge in [0.1, 0.15) is 6.54 Å². The fraction of sp³-hybridized carbons (Fsp3) is 0.818. The lowest BCUT2D eigenvalue weighted by molar-refractivity contribution is 0.171. The molecule has 3 atom stereocenters. The molecule has 0 aromatic carbocycles. The van der Waals surface area contributed by atoms with E-state index in [-0.39, 0.29) is 20.5 Å². The molecule has 0 heterocycles. The molecular formula is C11H15Br6N3O. The van der Waals surface area contributed by atoms with Gasteiger partial charge in [0.15, 0.2) is 0 Å². The minimum Gasteiger partial charge on any atom is -0.317 e. The van der Waals surface area contributed by atoms with Crippen LogP contribution in [0.15, 0.2) is 0 Å². The summed E-state index contributed by atoms with van der Waals surface area (Å²) in [6, 6.07) is -0.272. The molecule has 10 heteroatoms. The molecule has 0 spiro atoms. The molecule has 0 rings (SSSR count). The lowest BCUT2D eigenvalue weighted by Gasteiger charge is -2.27. The van der Waals surface area contributed by atoms with Crippen LogP contribution in [-0.4, -0.2) is 66.0 Å². The van der Waals surface area contributed by atoms with Gasteiger partial charge in [-0.3, -0.25) is 0 Å². The number of rotatable bonds is 9. The molecule has 0 aliphatic heterocycles. The van der Waals surface area contributed by atoms with Crippen LogP contribution in [0, 0.1) is 6.57 Å². The highest BCUT2D eigenvalue weighted by molar-refractivity contribution is 9.12. The van der Waals surface area contributed by atoms with Gasteiger partial charge in [-0.1, -0.05) is 95.6 Å². The summed E-state index contributed by atoms with van der Waals surface area (Å²) >= 11 is 20.6. The van der Waals surface area contributed by atoms with Crippen LogP contribution in [0.1, 0.15) is 0 Å². The molecule has 4 nitrogen and oxygen atoms in total. The quantitative estimate of drug-likeness (QED) is 0.191. The molecule has 0 radical (unpaired) electrons. The van der Waals surface area contributed by atoms with Gasteiger partial charge in [0, 0.05) is 43.6 Å². The Morgan fingerprint density at radius 2 is 1.29 bits per heavy atom. The van der Waals surface area contributed by atoms with E-state index in [2.05, 4.69) is 101 Å². The van der Waals surface area contributed by atoms with Crippen molar-refractivity contribution in [3.05, 3.63) is 11.5 Å². The number of alkyl halides is 6. The molecule has 0 aromatic rings. The third-order valence-corrected chi connectivity index (χ3v) is 9.11. The predicted octanol–water partition coefficient (Wildman–Crippen LogP) is 5.02. The van der Waals surface area contributed by atoms with Gasteiger partial charge in [-0.25, -0.2) is 4.79 Å². The second kappa shape index (κ2) is 13.0. The van der Waals surface area contributed by atoms with Crippen LogP contribution in [0.2, 0.25) is 0 Å². The largest absolute Gasteiger partial charge is 0.385 e.